The second kappa shape index (κ2) is 6.66. The fourth-order valence-electron chi connectivity index (χ4n) is 0.610. The number of ether oxygens (including phenoxy) is 2. The van der Waals surface area contributed by atoms with E-state index < -0.39 is 11.9 Å². The number of nitrogens with zero attached hydrogens (tertiary/aromatic N) is 1. The zero-order chi connectivity index (χ0) is 11.0. The Morgan fingerprint density at radius 3 is 2.64 bits per heavy atom. The summed E-state index contributed by atoms with van der Waals surface area (Å²) in [5.74, 6) is -1.22. The Bertz CT molecular complexity index is 277. The Morgan fingerprint density at radius 2 is 2.14 bits per heavy atom. The fourth-order valence-corrected chi connectivity index (χ4v) is 0.610. The van der Waals surface area contributed by atoms with E-state index in [9.17, 15) is 9.59 Å². The Balaban J connectivity index is 3.84. The van der Waals surface area contributed by atoms with Crippen LogP contribution in [-0.4, -0.2) is 25.7 Å². The van der Waals surface area contributed by atoms with E-state index in [1.54, 1.807) is 0 Å². The first kappa shape index (κ1) is 12.2. The summed E-state index contributed by atoms with van der Waals surface area (Å²) in [6.45, 7) is 3.37. The van der Waals surface area contributed by atoms with Crippen molar-refractivity contribution in [3.8, 4) is 6.07 Å². The lowest BCUT2D eigenvalue weighted by Gasteiger charge is -2.03. The predicted molar refractivity (Wildman–Crippen MR) is 47.0 cm³/mol. The van der Waals surface area contributed by atoms with Gasteiger partial charge in [0.25, 0.3) is 0 Å². The second-order valence-electron chi connectivity index (χ2n) is 2.40. The van der Waals surface area contributed by atoms with E-state index in [0.717, 1.165) is 0 Å². The highest BCUT2D eigenvalue weighted by molar-refractivity contribution is 5.93. The lowest BCUT2D eigenvalue weighted by Crippen LogP contribution is -2.12. The maximum atomic E-state index is 11.0. The van der Waals surface area contributed by atoms with Crippen LogP contribution in [0.15, 0.2) is 12.2 Å². The van der Waals surface area contributed by atoms with Crippen LogP contribution in [0.25, 0.3) is 0 Å². The molecule has 0 aliphatic heterocycles. The number of hydrogen-bond acceptors (Lipinski definition) is 5. The van der Waals surface area contributed by atoms with Crippen molar-refractivity contribution >= 4 is 11.9 Å². The van der Waals surface area contributed by atoms with Crippen LogP contribution in [0.3, 0.4) is 0 Å². The first-order chi connectivity index (χ1) is 6.61. The molecule has 0 aliphatic carbocycles. The van der Waals surface area contributed by atoms with Gasteiger partial charge in [-0.2, -0.15) is 5.26 Å². The molecule has 0 aromatic carbocycles. The van der Waals surface area contributed by atoms with Crippen LogP contribution < -0.4 is 0 Å². The molecule has 0 atom stereocenters. The van der Waals surface area contributed by atoms with Crippen molar-refractivity contribution in [2.24, 2.45) is 0 Å². The summed E-state index contributed by atoms with van der Waals surface area (Å²) in [4.78, 5) is 21.7. The molecule has 5 heteroatoms. The average Bonchev–Trinajstić information content (AvgIpc) is 2.17. The van der Waals surface area contributed by atoms with E-state index in [4.69, 9.17) is 5.26 Å². The molecule has 0 heterocycles. The van der Waals surface area contributed by atoms with Gasteiger partial charge in [0.05, 0.1) is 26.0 Å². The molecule has 0 spiro atoms. The van der Waals surface area contributed by atoms with Gasteiger partial charge in [-0.3, -0.25) is 4.79 Å². The molecule has 14 heavy (non-hydrogen) atoms. The summed E-state index contributed by atoms with van der Waals surface area (Å²) < 4.78 is 8.96. The van der Waals surface area contributed by atoms with Crippen molar-refractivity contribution in [2.75, 3.05) is 13.7 Å². The maximum absolute atomic E-state index is 11.0. The Morgan fingerprint density at radius 1 is 1.50 bits per heavy atom. The molecule has 76 valence electrons. The van der Waals surface area contributed by atoms with Gasteiger partial charge in [0.15, 0.2) is 0 Å². The predicted octanol–water partition coefficient (Wildman–Crippen LogP) is 0.563. The van der Waals surface area contributed by atoms with Crippen molar-refractivity contribution in [3.63, 3.8) is 0 Å². The molecule has 0 bridgehead atoms. The minimum atomic E-state index is -0.675. The molecular weight excluding hydrogens is 186 g/mol. The molecule has 0 saturated heterocycles. The van der Waals surface area contributed by atoms with Crippen molar-refractivity contribution < 1.29 is 19.1 Å². The number of hydrogen-bond donors (Lipinski definition) is 0. The van der Waals surface area contributed by atoms with Gasteiger partial charge >= 0.3 is 11.9 Å². The minimum absolute atomic E-state index is 0.00945. The first-order valence-electron chi connectivity index (χ1n) is 3.90. The number of methoxy groups -OCH3 is 1. The highest BCUT2D eigenvalue weighted by Crippen LogP contribution is 2.02. The highest BCUT2D eigenvalue weighted by atomic mass is 16.5. The SMILES string of the molecule is C=C(CC(=O)OC)C(=O)OCCC#N. The van der Waals surface area contributed by atoms with Crippen LogP contribution >= 0.6 is 0 Å². The van der Waals surface area contributed by atoms with Crippen LogP contribution in [0.2, 0.25) is 0 Å². The molecule has 0 amide bonds. The molecule has 0 unspecified atom stereocenters. The van der Waals surface area contributed by atoms with E-state index in [2.05, 4.69) is 16.1 Å². The van der Waals surface area contributed by atoms with Gasteiger partial charge in [-0.25, -0.2) is 4.79 Å². The Labute approximate surface area is 81.9 Å². The number of nitriles is 1. The normalized spacial score (nSPS) is 8.57. The summed E-state index contributed by atoms with van der Waals surface area (Å²) in [5, 5.41) is 8.16. The molecule has 0 aromatic heterocycles. The van der Waals surface area contributed by atoms with Crippen LogP contribution in [-0.2, 0) is 19.1 Å². The van der Waals surface area contributed by atoms with Crippen molar-refractivity contribution in [1.29, 1.82) is 5.26 Å². The van der Waals surface area contributed by atoms with Gasteiger partial charge in [-0.1, -0.05) is 6.58 Å². The summed E-state index contributed by atoms with van der Waals surface area (Å²) in [5.41, 5.74) is 0.0230. The summed E-state index contributed by atoms with van der Waals surface area (Å²) in [7, 11) is 1.22. The van der Waals surface area contributed by atoms with Gasteiger partial charge in [-0.05, 0) is 0 Å². The molecule has 0 radical (unpaired) electrons. The lowest BCUT2D eigenvalue weighted by atomic mass is 10.2. The van der Waals surface area contributed by atoms with Crippen LogP contribution in [0.1, 0.15) is 12.8 Å². The standard InChI is InChI=1S/C9H11NO4/c1-7(6-8(11)13-2)9(12)14-5-3-4-10/h1,3,5-6H2,2H3. The fraction of sp³-hybridized carbons (Fsp3) is 0.444. The Kier molecular flexibility index (Phi) is 5.79. The summed E-state index contributed by atoms with van der Waals surface area (Å²) >= 11 is 0. The molecule has 0 fully saturated rings. The smallest absolute Gasteiger partial charge is 0.334 e. The zero-order valence-electron chi connectivity index (χ0n) is 7.91. The molecule has 0 N–H and O–H groups in total. The number of rotatable bonds is 5. The first-order valence-corrected chi connectivity index (χ1v) is 3.90. The largest absolute Gasteiger partial charge is 0.469 e. The number of esters is 2. The summed E-state index contributed by atoms with van der Waals surface area (Å²) in [6.07, 6.45) is -0.0703. The van der Waals surface area contributed by atoms with Crippen LogP contribution in [0.4, 0.5) is 0 Å². The van der Waals surface area contributed by atoms with Gasteiger partial charge in [0, 0.05) is 5.57 Å². The molecule has 0 aliphatic rings. The van der Waals surface area contributed by atoms with Crippen LogP contribution in [0, 0.1) is 11.3 Å². The molecule has 0 saturated carbocycles. The topological polar surface area (TPSA) is 76.4 Å². The molecule has 0 aromatic rings. The third-order valence-corrected chi connectivity index (χ3v) is 1.32. The highest BCUT2D eigenvalue weighted by Gasteiger charge is 2.12. The third kappa shape index (κ3) is 4.93. The maximum Gasteiger partial charge on any atom is 0.334 e. The van der Waals surface area contributed by atoms with E-state index >= 15 is 0 Å². The number of carbonyl (C=O) groups excluding carboxylic acids is 2. The van der Waals surface area contributed by atoms with Gasteiger partial charge in [0.1, 0.15) is 6.61 Å². The Hall–Kier alpha value is -1.83. The van der Waals surface area contributed by atoms with Crippen LogP contribution in [0.5, 0.6) is 0 Å². The van der Waals surface area contributed by atoms with Gasteiger partial charge < -0.3 is 9.47 Å². The minimum Gasteiger partial charge on any atom is -0.469 e. The van der Waals surface area contributed by atoms with E-state index in [1.807, 2.05) is 6.07 Å². The second-order valence-corrected chi connectivity index (χ2v) is 2.40. The van der Waals surface area contributed by atoms with Crippen molar-refractivity contribution in [1.82, 2.24) is 0 Å². The molecule has 5 nitrogen and oxygen atoms in total. The van der Waals surface area contributed by atoms with Gasteiger partial charge in [-0.15, -0.1) is 0 Å². The van der Waals surface area contributed by atoms with Crippen molar-refractivity contribution in [3.05, 3.63) is 12.2 Å². The zero-order valence-corrected chi connectivity index (χ0v) is 7.91. The molecular formula is C9H11NO4. The quantitative estimate of drug-likeness (QED) is 0.365. The summed E-state index contributed by atoms with van der Waals surface area (Å²) in [6, 6.07) is 1.82. The average molecular weight is 197 g/mol. The lowest BCUT2D eigenvalue weighted by molar-refractivity contribution is -0.144. The molecule has 0 rings (SSSR count). The third-order valence-electron chi connectivity index (χ3n) is 1.32. The van der Waals surface area contributed by atoms with Crippen molar-refractivity contribution in [2.45, 2.75) is 12.8 Å². The van der Waals surface area contributed by atoms with E-state index in [0.29, 0.717) is 0 Å². The van der Waals surface area contributed by atoms with E-state index in [-0.39, 0.29) is 25.0 Å². The van der Waals surface area contributed by atoms with E-state index in [1.165, 1.54) is 7.11 Å². The van der Waals surface area contributed by atoms with Gasteiger partial charge in [0.2, 0.25) is 0 Å². The number of carbonyl (C=O) groups is 2. The monoisotopic (exact) mass is 197 g/mol.